The van der Waals surface area contributed by atoms with E-state index in [1.165, 1.54) is 12.1 Å². The molecule has 2 aromatic carbocycles. The zero-order valence-corrected chi connectivity index (χ0v) is 41.9. The zero-order valence-electron chi connectivity index (χ0n) is 41.9. The van der Waals surface area contributed by atoms with Crippen LogP contribution >= 0.6 is 0 Å². The van der Waals surface area contributed by atoms with E-state index in [2.05, 4.69) is 85.7 Å². The summed E-state index contributed by atoms with van der Waals surface area (Å²) >= 11 is 0. The Balaban J connectivity index is 0.697. The topological polar surface area (TPSA) is 162 Å². The van der Waals surface area contributed by atoms with E-state index in [4.69, 9.17) is 0 Å². The highest BCUT2D eigenvalue weighted by Crippen LogP contribution is 2.35. The molecule has 5 aliphatic heterocycles. The summed E-state index contributed by atoms with van der Waals surface area (Å²) in [6.45, 7) is 15.4. The average molecular weight is 969 g/mol. The van der Waals surface area contributed by atoms with Crippen LogP contribution in [-0.2, 0) is 27.5 Å². The zero-order chi connectivity index (χ0) is 49.6. The number of halogens is 2. The summed E-state index contributed by atoms with van der Waals surface area (Å²) in [5.74, 6) is -0.362. The maximum Gasteiger partial charge on any atom is 0.255 e. The number of carbonyl (C=O) groups is 4. The summed E-state index contributed by atoms with van der Waals surface area (Å²) in [5, 5.41) is 12.5. The lowest BCUT2D eigenvalue weighted by Gasteiger charge is -2.48. The van der Waals surface area contributed by atoms with Crippen molar-refractivity contribution in [2.45, 2.75) is 116 Å². The van der Waals surface area contributed by atoms with Crippen molar-refractivity contribution in [2.75, 3.05) is 107 Å². The van der Waals surface area contributed by atoms with Crippen LogP contribution in [0.1, 0.15) is 106 Å². The third kappa shape index (κ3) is 12.7. The van der Waals surface area contributed by atoms with E-state index in [9.17, 15) is 19.2 Å². The van der Waals surface area contributed by atoms with Gasteiger partial charge in [-0.15, -0.1) is 0 Å². The van der Waals surface area contributed by atoms with Gasteiger partial charge in [0.25, 0.3) is 5.91 Å². The van der Waals surface area contributed by atoms with Gasteiger partial charge in [0.05, 0.1) is 17.8 Å². The highest BCUT2D eigenvalue weighted by atomic mass is 19.1. The van der Waals surface area contributed by atoms with E-state index < -0.39 is 29.1 Å². The quantitative estimate of drug-likeness (QED) is 0.0838. The second-order valence-electron chi connectivity index (χ2n) is 21.4. The first kappa shape index (κ1) is 50.9. The number of fused-ring (bicyclic) bond motifs is 1. The van der Waals surface area contributed by atoms with Crippen molar-refractivity contribution in [1.82, 2.24) is 40.2 Å². The van der Waals surface area contributed by atoms with Crippen LogP contribution < -0.4 is 31.1 Å². The van der Waals surface area contributed by atoms with Gasteiger partial charge in [-0.25, -0.2) is 18.7 Å². The summed E-state index contributed by atoms with van der Waals surface area (Å²) in [6.07, 6.45) is 9.87. The smallest absolute Gasteiger partial charge is 0.255 e. The van der Waals surface area contributed by atoms with Gasteiger partial charge in [0, 0.05) is 93.8 Å². The average Bonchev–Trinajstić information content (AvgIpc) is 3.65. The van der Waals surface area contributed by atoms with E-state index >= 15 is 8.78 Å². The fourth-order valence-corrected chi connectivity index (χ4v) is 10.7. The first-order valence-corrected chi connectivity index (χ1v) is 25.5. The highest BCUT2D eigenvalue weighted by Gasteiger charge is 2.43. The van der Waals surface area contributed by atoms with Crippen molar-refractivity contribution in [3.05, 3.63) is 71.1 Å². The van der Waals surface area contributed by atoms with Gasteiger partial charge in [0.1, 0.15) is 35.6 Å². The highest BCUT2D eigenvalue weighted by molar-refractivity contribution is 6.05. The largest absolute Gasteiger partial charge is 0.384 e. The van der Waals surface area contributed by atoms with Crippen molar-refractivity contribution in [3.8, 4) is 0 Å². The summed E-state index contributed by atoms with van der Waals surface area (Å²) < 4.78 is 31.2. The standard InChI is InChI=1S/C52H74F2N12O4/c1-36(62(5)26-19-55-39-10-11-40-37(27-39)32-66(50(40)70)43-12-13-47(67)59-49(43)69)9-6-7-20-61(4)21-8-18-56-45-30-46(58-35-57-45)64-24-16-52(17-25-64)34-65(33-48(68)60-52)44-29-41(53)38(28-42(44)54)31-63-22-14-51(2,3)15-23-63/h10-11,27-30,35-36,43,55H,6-9,12-26,31-34H2,1-5H3,(H,60,68)(H,56,57,58)(H,59,67,69). The van der Waals surface area contributed by atoms with Crippen LogP contribution in [0.4, 0.5) is 31.8 Å². The van der Waals surface area contributed by atoms with Crippen LogP contribution in [0, 0.1) is 17.0 Å². The molecule has 6 heterocycles. The molecule has 3 aromatic rings. The number of amides is 4. The van der Waals surface area contributed by atoms with Crippen LogP contribution in [0.2, 0.25) is 0 Å². The number of carbonyl (C=O) groups excluding carboxylic acids is 4. The molecule has 0 bridgehead atoms. The Morgan fingerprint density at radius 3 is 2.37 bits per heavy atom. The van der Waals surface area contributed by atoms with E-state index in [1.807, 2.05) is 24.3 Å². The molecule has 0 radical (unpaired) electrons. The lowest BCUT2D eigenvalue weighted by molar-refractivity contribution is -0.137. The van der Waals surface area contributed by atoms with Gasteiger partial charge in [-0.3, -0.25) is 29.4 Å². The number of likely N-dealkylation sites (N-methyl/N-ethyl adjacent to an activating group) is 1. The van der Waals surface area contributed by atoms with Gasteiger partial charge in [-0.1, -0.05) is 20.3 Å². The molecule has 4 amide bonds. The number of benzene rings is 2. The van der Waals surface area contributed by atoms with Crippen LogP contribution in [0.15, 0.2) is 42.7 Å². The summed E-state index contributed by atoms with van der Waals surface area (Å²) in [7, 11) is 4.33. The third-order valence-corrected chi connectivity index (χ3v) is 15.5. The Morgan fingerprint density at radius 1 is 0.829 bits per heavy atom. The molecule has 4 fully saturated rings. The van der Waals surface area contributed by atoms with Crippen LogP contribution in [0.5, 0.6) is 0 Å². The van der Waals surface area contributed by atoms with Crippen molar-refractivity contribution < 1.29 is 28.0 Å². The number of nitrogens with one attached hydrogen (secondary N) is 4. The molecule has 4 saturated heterocycles. The van der Waals surface area contributed by atoms with E-state index in [1.54, 1.807) is 16.1 Å². The molecule has 70 heavy (non-hydrogen) atoms. The molecule has 0 aliphatic carbocycles. The number of piperazine rings is 1. The van der Waals surface area contributed by atoms with Crippen molar-refractivity contribution in [3.63, 3.8) is 0 Å². The monoisotopic (exact) mass is 969 g/mol. The Bertz CT molecular complexity index is 2350. The molecule has 0 saturated carbocycles. The van der Waals surface area contributed by atoms with Gasteiger partial charge in [-0.05, 0) is 134 Å². The summed E-state index contributed by atoms with van der Waals surface area (Å²) in [5.41, 5.74) is 2.68. The molecule has 380 valence electrons. The Hall–Kier alpha value is -5.46. The maximum absolute atomic E-state index is 15.7. The van der Waals surface area contributed by atoms with Crippen LogP contribution in [-0.4, -0.2) is 157 Å². The van der Waals surface area contributed by atoms with Gasteiger partial charge in [0.15, 0.2) is 0 Å². The maximum atomic E-state index is 15.7. The van der Waals surface area contributed by atoms with Gasteiger partial charge in [-0.2, -0.15) is 0 Å². The minimum absolute atomic E-state index is 0.0126. The van der Waals surface area contributed by atoms with Gasteiger partial charge < -0.3 is 40.4 Å². The number of likely N-dealkylation sites (tertiary alicyclic amines) is 1. The summed E-state index contributed by atoms with van der Waals surface area (Å²) in [4.78, 5) is 71.6. The number of piperidine rings is 3. The molecule has 1 aromatic heterocycles. The third-order valence-electron chi connectivity index (χ3n) is 15.5. The van der Waals surface area contributed by atoms with E-state index in [-0.39, 0.29) is 41.8 Å². The van der Waals surface area contributed by atoms with E-state index in [0.717, 1.165) is 107 Å². The van der Waals surface area contributed by atoms with Gasteiger partial charge >= 0.3 is 0 Å². The number of aromatic nitrogens is 2. The number of hydrogen-bond acceptors (Lipinski definition) is 13. The molecular weight excluding hydrogens is 895 g/mol. The molecule has 1 spiro atoms. The normalized spacial score (nSPS) is 20.8. The second kappa shape index (κ2) is 22.3. The van der Waals surface area contributed by atoms with Crippen LogP contribution in [0.3, 0.4) is 0 Å². The Morgan fingerprint density at radius 2 is 1.60 bits per heavy atom. The van der Waals surface area contributed by atoms with Crippen LogP contribution in [0.25, 0.3) is 0 Å². The lowest BCUT2D eigenvalue weighted by atomic mass is 9.82. The lowest BCUT2D eigenvalue weighted by Crippen LogP contribution is -2.66. The Labute approximate surface area is 412 Å². The molecule has 2 atom stereocenters. The second-order valence-corrected chi connectivity index (χ2v) is 21.4. The number of rotatable bonds is 20. The van der Waals surface area contributed by atoms with Crippen molar-refractivity contribution >= 4 is 46.6 Å². The SMILES string of the molecule is CC(CCCCN(C)CCCNc1cc(N2CCC3(CC2)CN(c2cc(F)c(CN4CCC(C)(C)CC4)cc2F)CC(=O)N3)ncn1)N(C)CCNc1ccc2c(c1)CN(C1CCC(=O)NC1=O)C2=O. The number of nitrogens with zero attached hydrogens (tertiary/aromatic N) is 8. The Kier molecular flexibility index (Phi) is 16.2. The molecular formula is C52H74F2N12O4. The van der Waals surface area contributed by atoms with Crippen molar-refractivity contribution in [2.24, 2.45) is 5.41 Å². The molecule has 2 unspecified atom stereocenters. The van der Waals surface area contributed by atoms with Crippen molar-refractivity contribution in [1.29, 1.82) is 0 Å². The van der Waals surface area contributed by atoms with Gasteiger partial charge in [0.2, 0.25) is 17.7 Å². The first-order chi connectivity index (χ1) is 33.5. The number of imide groups is 1. The molecule has 8 rings (SSSR count). The first-order valence-electron chi connectivity index (χ1n) is 25.5. The fourth-order valence-electron chi connectivity index (χ4n) is 10.7. The number of anilines is 4. The molecule has 4 N–H and O–H groups in total. The predicted octanol–water partition coefficient (Wildman–Crippen LogP) is 5.45. The number of unbranched alkanes of at least 4 members (excludes halogenated alkanes) is 1. The van der Waals surface area contributed by atoms with E-state index in [0.29, 0.717) is 69.2 Å². The molecule has 16 nitrogen and oxygen atoms in total. The molecule has 5 aliphatic rings. The minimum atomic E-state index is -0.614. The number of hydrogen-bond donors (Lipinski definition) is 4. The molecule has 18 heteroatoms. The predicted molar refractivity (Wildman–Crippen MR) is 269 cm³/mol. The minimum Gasteiger partial charge on any atom is -0.384 e. The summed E-state index contributed by atoms with van der Waals surface area (Å²) in [6, 6.07) is 10.2. The fraction of sp³-hybridized carbons (Fsp3) is 0.615.